The Balaban J connectivity index is 3.58. The summed E-state index contributed by atoms with van der Waals surface area (Å²) in [5.41, 5.74) is 0. The topological polar surface area (TPSA) is 63.6 Å². The van der Waals surface area contributed by atoms with Crippen LogP contribution in [0.25, 0.3) is 0 Å². The molecule has 1 unspecified atom stereocenters. The number of rotatable bonds is 29. The van der Waals surface area contributed by atoms with Crippen LogP contribution in [0.3, 0.4) is 0 Å². The van der Waals surface area contributed by atoms with Crippen molar-refractivity contribution in [3.05, 3.63) is 12.2 Å². The highest BCUT2D eigenvalue weighted by Crippen LogP contribution is 2.17. The summed E-state index contributed by atoms with van der Waals surface area (Å²) in [6.07, 6.45) is 37.2. The quantitative estimate of drug-likeness (QED) is 0.0593. The fourth-order valence-corrected chi connectivity index (χ4v) is 5.22. The van der Waals surface area contributed by atoms with Crippen molar-refractivity contribution in [1.82, 2.24) is 0 Å². The zero-order valence-electron chi connectivity index (χ0n) is 24.2. The van der Waals surface area contributed by atoms with Gasteiger partial charge < -0.3 is 0 Å². The summed E-state index contributed by atoms with van der Waals surface area (Å²) in [5, 5.41) is 0. The Morgan fingerprint density at radius 2 is 0.944 bits per heavy atom. The van der Waals surface area contributed by atoms with Crippen molar-refractivity contribution >= 4 is 10.4 Å². The molecule has 0 saturated heterocycles. The fourth-order valence-electron chi connectivity index (χ4n) is 4.87. The lowest BCUT2D eigenvalue weighted by atomic mass is 10.00. The molecular weight excluding hydrogens is 468 g/mol. The molecule has 1 atom stereocenters. The Bertz CT molecular complexity index is 559. The van der Waals surface area contributed by atoms with E-state index in [2.05, 4.69) is 30.2 Å². The van der Waals surface area contributed by atoms with E-state index in [1.54, 1.807) is 0 Å². The van der Waals surface area contributed by atoms with Crippen molar-refractivity contribution in [2.45, 2.75) is 174 Å². The summed E-state index contributed by atoms with van der Waals surface area (Å²) >= 11 is 0. The van der Waals surface area contributed by atoms with E-state index in [0.29, 0.717) is 0 Å². The van der Waals surface area contributed by atoms with E-state index in [-0.39, 0.29) is 12.5 Å². The minimum atomic E-state index is -4.36. The molecule has 0 bridgehead atoms. The summed E-state index contributed by atoms with van der Waals surface area (Å²) in [5.74, 6) is 0.0594. The molecule has 0 aromatic heterocycles. The maximum absolute atomic E-state index is 10.9. The zero-order chi connectivity index (χ0) is 26.6. The third kappa shape index (κ3) is 29.8. The smallest absolute Gasteiger partial charge is 0.264 e. The second kappa shape index (κ2) is 27.6. The first-order chi connectivity index (χ1) is 17.5. The maximum atomic E-state index is 10.9. The van der Waals surface area contributed by atoms with Crippen LogP contribution in [0.2, 0.25) is 0 Å². The molecule has 5 heteroatoms. The van der Waals surface area contributed by atoms with E-state index in [4.69, 9.17) is 4.55 Å². The third-order valence-electron chi connectivity index (χ3n) is 7.24. The maximum Gasteiger partial charge on any atom is 0.397 e. The Morgan fingerprint density at radius 3 is 1.33 bits per heavy atom. The van der Waals surface area contributed by atoms with Gasteiger partial charge in [0.25, 0.3) is 0 Å². The highest BCUT2D eigenvalue weighted by atomic mass is 32.3. The normalized spacial score (nSPS) is 13.1. The van der Waals surface area contributed by atoms with Crippen molar-refractivity contribution < 1.29 is 17.2 Å². The zero-order valence-corrected chi connectivity index (χ0v) is 25.0. The van der Waals surface area contributed by atoms with Crippen molar-refractivity contribution in [3.63, 3.8) is 0 Å². The highest BCUT2D eigenvalue weighted by Gasteiger charge is 2.11. The minimum Gasteiger partial charge on any atom is -0.264 e. The second-order valence-corrected chi connectivity index (χ2v) is 12.0. The molecule has 0 aliphatic carbocycles. The molecule has 0 aromatic rings. The van der Waals surface area contributed by atoms with E-state index in [1.807, 2.05) is 0 Å². The monoisotopic (exact) mass is 530 g/mol. The molecule has 216 valence electrons. The lowest BCUT2D eigenvalue weighted by Crippen LogP contribution is -2.12. The van der Waals surface area contributed by atoms with Crippen LogP contribution >= 0.6 is 0 Å². The molecule has 1 N–H and O–H groups in total. The number of hydrogen-bond acceptors (Lipinski definition) is 3. The van der Waals surface area contributed by atoms with E-state index in [0.717, 1.165) is 19.3 Å². The van der Waals surface area contributed by atoms with Gasteiger partial charge in [0.1, 0.15) is 0 Å². The fraction of sp³-hybridized carbons (Fsp3) is 0.935. The molecule has 0 radical (unpaired) electrons. The van der Waals surface area contributed by atoms with Gasteiger partial charge in [0.15, 0.2) is 0 Å². The van der Waals surface area contributed by atoms with Crippen molar-refractivity contribution in [3.8, 4) is 0 Å². The van der Waals surface area contributed by atoms with E-state index >= 15 is 0 Å². The Labute approximate surface area is 226 Å². The van der Waals surface area contributed by atoms with Gasteiger partial charge in [-0.3, -0.25) is 4.55 Å². The lowest BCUT2D eigenvalue weighted by molar-refractivity contribution is 0.234. The van der Waals surface area contributed by atoms with Crippen molar-refractivity contribution in [2.75, 3.05) is 6.61 Å². The minimum absolute atomic E-state index is 0.0439. The van der Waals surface area contributed by atoms with Crippen LogP contribution in [0.4, 0.5) is 0 Å². The van der Waals surface area contributed by atoms with Gasteiger partial charge in [-0.05, 0) is 19.3 Å². The molecule has 0 saturated carbocycles. The summed E-state index contributed by atoms with van der Waals surface area (Å²) in [7, 11) is -4.36. The standard InChI is InChI=1S/C31H62O4S/c1-3-5-7-9-10-11-12-13-14-15-16-17-18-19-20-21-22-23-25-27-29-31(30-35-36(32,33)34)28-26-24-8-6-4-2/h27,29,31H,3-26,28,30H2,1-2H3,(H,32,33,34)/b29-27+. The first-order valence-corrected chi connectivity index (χ1v) is 17.1. The van der Waals surface area contributed by atoms with Crippen LogP contribution in [-0.4, -0.2) is 19.6 Å². The summed E-state index contributed by atoms with van der Waals surface area (Å²) < 4.78 is 35.4. The SMILES string of the molecule is CCCCCCCCCCCCCCCCCCCC/C=C/C(CCCCCCC)COS(=O)(=O)O. The van der Waals surface area contributed by atoms with Crippen LogP contribution in [0.15, 0.2) is 12.2 Å². The largest absolute Gasteiger partial charge is 0.397 e. The highest BCUT2D eigenvalue weighted by molar-refractivity contribution is 7.80. The molecule has 0 rings (SSSR count). The molecular formula is C31H62O4S. The van der Waals surface area contributed by atoms with Crippen LogP contribution in [0.5, 0.6) is 0 Å². The first kappa shape index (κ1) is 35.6. The molecule has 0 aliphatic heterocycles. The molecule has 0 aliphatic rings. The van der Waals surface area contributed by atoms with Gasteiger partial charge in [0.05, 0.1) is 6.61 Å². The van der Waals surface area contributed by atoms with Crippen LogP contribution in [0, 0.1) is 5.92 Å². The van der Waals surface area contributed by atoms with Crippen LogP contribution < -0.4 is 0 Å². The van der Waals surface area contributed by atoms with Crippen molar-refractivity contribution in [1.29, 1.82) is 0 Å². The molecule has 0 spiro atoms. The first-order valence-electron chi connectivity index (χ1n) is 15.8. The van der Waals surface area contributed by atoms with Gasteiger partial charge in [-0.15, -0.1) is 0 Å². The Hall–Kier alpha value is -0.390. The van der Waals surface area contributed by atoms with Gasteiger partial charge in [-0.1, -0.05) is 167 Å². The number of allylic oxidation sites excluding steroid dienone is 1. The van der Waals surface area contributed by atoms with E-state index < -0.39 is 10.4 Å². The Morgan fingerprint density at radius 1 is 0.583 bits per heavy atom. The second-order valence-electron chi connectivity index (χ2n) is 10.9. The summed E-state index contributed by atoms with van der Waals surface area (Å²) in [6, 6.07) is 0. The average Bonchev–Trinajstić information content (AvgIpc) is 2.84. The van der Waals surface area contributed by atoms with Crippen LogP contribution in [0.1, 0.15) is 174 Å². The van der Waals surface area contributed by atoms with Crippen molar-refractivity contribution in [2.24, 2.45) is 5.92 Å². The number of unbranched alkanes of at least 4 members (excludes halogenated alkanes) is 22. The molecule has 0 fully saturated rings. The average molecular weight is 531 g/mol. The Kier molecular flexibility index (Phi) is 27.3. The molecule has 0 aromatic carbocycles. The van der Waals surface area contributed by atoms with Gasteiger partial charge in [-0.2, -0.15) is 8.42 Å². The summed E-state index contributed by atoms with van der Waals surface area (Å²) in [6.45, 7) is 4.53. The molecule has 4 nitrogen and oxygen atoms in total. The molecule has 0 heterocycles. The van der Waals surface area contributed by atoms with Gasteiger partial charge in [0.2, 0.25) is 0 Å². The van der Waals surface area contributed by atoms with E-state index in [9.17, 15) is 8.42 Å². The number of hydrogen-bond donors (Lipinski definition) is 1. The molecule has 36 heavy (non-hydrogen) atoms. The van der Waals surface area contributed by atoms with E-state index in [1.165, 1.54) is 141 Å². The van der Waals surface area contributed by atoms with Gasteiger partial charge >= 0.3 is 10.4 Å². The predicted molar refractivity (Wildman–Crippen MR) is 157 cm³/mol. The molecule has 0 amide bonds. The van der Waals surface area contributed by atoms with Crippen LogP contribution in [-0.2, 0) is 14.6 Å². The third-order valence-corrected chi connectivity index (χ3v) is 7.68. The lowest BCUT2D eigenvalue weighted by Gasteiger charge is -2.12. The summed E-state index contributed by atoms with van der Waals surface area (Å²) in [4.78, 5) is 0. The van der Waals surface area contributed by atoms with Gasteiger partial charge in [-0.25, -0.2) is 4.18 Å². The van der Waals surface area contributed by atoms with Gasteiger partial charge in [0, 0.05) is 5.92 Å². The predicted octanol–water partition coefficient (Wildman–Crippen LogP) is 10.8.